The fourth-order valence-electron chi connectivity index (χ4n) is 2.68. The molecule has 4 heteroatoms. The van der Waals surface area contributed by atoms with Crippen molar-refractivity contribution in [1.82, 2.24) is 0 Å². The van der Waals surface area contributed by atoms with Crippen LogP contribution >= 0.6 is 22.9 Å². The van der Waals surface area contributed by atoms with E-state index in [9.17, 15) is 4.79 Å². The number of carbonyl (C=O) groups excluding carboxylic acids is 1. The van der Waals surface area contributed by atoms with Crippen LogP contribution < -0.4 is 5.32 Å². The summed E-state index contributed by atoms with van der Waals surface area (Å²) >= 11 is 7.35. The quantitative estimate of drug-likeness (QED) is 0.443. The summed E-state index contributed by atoms with van der Waals surface area (Å²) in [6, 6.07) is 25.6. The molecule has 4 rings (SSSR count). The number of hydrogen-bond acceptors (Lipinski definition) is 2. The van der Waals surface area contributed by atoms with Gasteiger partial charge in [0.25, 0.3) is 5.91 Å². The maximum Gasteiger partial charge on any atom is 0.265 e. The molecule has 1 N–H and O–H groups in total. The Labute approximate surface area is 154 Å². The van der Waals surface area contributed by atoms with Crippen LogP contribution in [0.15, 0.2) is 78.9 Å². The Balaban J connectivity index is 1.58. The summed E-state index contributed by atoms with van der Waals surface area (Å²) in [4.78, 5) is 14.2. The number of carbonyl (C=O) groups is 1. The molecule has 0 unspecified atom stereocenters. The molecule has 1 aromatic heterocycles. The van der Waals surface area contributed by atoms with E-state index in [0.29, 0.717) is 9.90 Å². The fraction of sp³-hybridized carbons (Fsp3) is 0. The van der Waals surface area contributed by atoms with Gasteiger partial charge in [0.15, 0.2) is 0 Å². The summed E-state index contributed by atoms with van der Waals surface area (Å²) < 4.78 is 0. The molecule has 0 aliphatic rings. The third-order valence-corrected chi connectivity index (χ3v) is 5.35. The number of anilines is 1. The molecule has 0 saturated carbocycles. The Morgan fingerprint density at radius 3 is 2.40 bits per heavy atom. The van der Waals surface area contributed by atoms with Gasteiger partial charge in [-0.2, -0.15) is 0 Å². The van der Waals surface area contributed by atoms with Crippen molar-refractivity contribution in [2.45, 2.75) is 0 Å². The Morgan fingerprint density at radius 2 is 1.60 bits per heavy atom. The Bertz CT molecular complexity index is 1050. The van der Waals surface area contributed by atoms with Crippen molar-refractivity contribution in [3.05, 3.63) is 88.8 Å². The van der Waals surface area contributed by atoms with Gasteiger partial charge < -0.3 is 5.32 Å². The lowest BCUT2D eigenvalue weighted by molar-refractivity contribution is 0.103. The third-order valence-electron chi connectivity index (χ3n) is 3.97. The fourth-order valence-corrected chi connectivity index (χ4v) is 3.71. The molecule has 0 saturated heterocycles. The van der Waals surface area contributed by atoms with Crippen molar-refractivity contribution in [1.29, 1.82) is 0 Å². The van der Waals surface area contributed by atoms with Crippen LogP contribution in [-0.2, 0) is 0 Å². The van der Waals surface area contributed by atoms with Crippen molar-refractivity contribution in [2.24, 2.45) is 0 Å². The van der Waals surface area contributed by atoms with Crippen LogP contribution in [0.5, 0.6) is 0 Å². The molecule has 122 valence electrons. The molecule has 3 aromatic carbocycles. The van der Waals surface area contributed by atoms with E-state index >= 15 is 0 Å². The molecule has 0 radical (unpaired) electrons. The first-order chi connectivity index (χ1) is 12.2. The molecular weight excluding hydrogens is 350 g/mol. The molecule has 1 heterocycles. The van der Waals surface area contributed by atoms with Crippen molar-refractivity contribution in [3.8, 4) is 10.4 Å². The van der Waals surface area contributed by atoms with Crippen LogP contribution in [0.1, 0.15) is 9.67 Å². The zero-order chi connectivity index (χ0) is 17.2. The number of hydrogen-bond donors (Lipinski definition) is 1. The topological polar surface area (TPSA) is 29.1 Å². The first-order valence-corrected chi connectivity index (χ1v) is 9.04. The summed E-state index contributed by atoms with van der Waals surface area (Å²) in [5.74, 6) is -0.112. The molecule has 1 amide bonds. The maximum absolute atomic E-state index is 12.4. The van der Waals surface area contributed by atoms with Gasteiger partial charge in [-0.05, 0) is 58.8 Å². The zero-order valence-electron chi connectivity index (χ0n) is 13.2. The largest absolute Gasteiger partial charge is 0.321 e. The van der Waals surface area contributed by atoms with Crippen LogP contribution in [0.25, 0.3) is 21.2 Å². The van der Waals surface area contributed by atoms with Crippen LogP contribution in [0.3, 0.4) is 0 Å². The van der Waals surface area contributed by atoms with Gasteiger partial charge in [0.1, 0.15) is 0 Å². The highest BCUT2D eigenvalue weighted by atomic mass is 35.5. The van der Waals surface area contributed by atoms with Gasteiger partial charge in [-0.25, -0.2) is 0 Å². The number of thiophene rings is 1. The van der Waals surface area contributed by atoms with Gasteiger partial charge in [0, 0.05) is 15.6 Å². The van der Waals surface area contributed by atoms with E-state index in [4.69, 9.17) is 11.6 Å². The number of fused-ring (bicyclic) bond motifs is 1. The van der Waals surface area contributed by atoms with Crippen LogP contribution in [0.4, 0.5) is 5.69 Å². The average Bonchev–Trinajstić information content (AvgIpc) is 3.13. The van der Waals surface area contributed by atoms with Gasteiger partial charge in [-0.3, -0.25) is 4.79 Å². The first kappa shape index (κ1) is 15.9. The minimum absolute atomic E-state index is 0.112. The highest BCUT2D eigenvalue weighted by Gasteiger charge is 2.11. The first-order valence-electron chi connectivity index (χ1n) is 7.85. The molecule has 0 fully saturated rings. The lowest BCUT2D eigenvalue weighted by atomic mass is 10.1. The maximum atomic E-state index is 12.4. The Morgan fingerprint density at radius 1 is 0.840 bits per heavy atom. The SMILES string of the molecule is O=C(Nc1ccc(Cl)cc1)c1ccc(-c2ccc3ccccc3c2)s1. The van der Waals surface area contributed by atoms with Crippen molar-refractivity contribution in [3.63, 3.8) is 0 Å². The molecule has 0 aliphatic carbocycles. The third kappa shape index (κ3) is 3.43. The average molecular weight is 364 g/mol. The van der Waals surface area contributed by atoms with Crippen LogP contribution in [0.2, 0.25) is 5.02 Å². The monoisotopic (exact) mass is 363 g/mol. The van der Waals surface area contributed by atoms with E-state index in [0.717, 1.165) is 16.1 Å². The van der Waals surface area contributed by atoms with Crippen molar-refractivity contribution < 1.29 is 4.79 Å². The lowest BCUT2D eigenvalue weighted by Gasteiger charge is -2.03. The molecular formula is C21H14ClNOS. The van der Waals surface area contributed by atoms with Crippen molar-refractivity contribution >= 4 is 45.3 Å². The summed E-state index contributed by atoms with van der Waals surface area (Å²) in [5.41, 5.74) is 1.85. The molecule has 0 spiro atoms. The van der Waals surface area contributed by atoms with Crippen LogP contribution in [-0.4, -0.2) is 5.91 Å². The molecule has 0 atom stereocenters. The van der Waals surface area contributed by atoms with Crippen LogP contribution in [0, 0.1) is 0 Å². The highest BCUT2D eigenvalue weighted by molar-refractivity contribution is 7.17. The summed E-state index contributed by atoms with van der Waals surface area (Å²) in [7, 11) is 0. The van der Waals surface area contributed by atoms with Gasteiger partial charge in [0.2, 0.25) is 0 Å². The summed E-state index contributed by atoms with van der Waals surface area (Å²) in [6.07, 6.45) is 0. The second-order valence-corrected chi connectivity index (χ2v) is 7.21. The summed E-state index contributed by atoms with van der Waals surface area (Å²) in [6.45, 7) is 0. The minimum Gasteiger partial charge on any atom is -0.321 e. The lowest BCUT2D eigenvalue weighted by Crippen LogP contribution is -2.09. The predicted octanol–water partition coefficient (Wildman–Crippen LogP) is 6.47. The normalized spacial score (nSPS) is 10.8. The molecule has 0 bridgehead atoms. The molecule has 4 aromatic rings. The second kappa shape index (κ2) is 6.71. The smallest absolute Gasteiger partial charge is 0.265 e. The molecule has 25 heavy (non-hydrogen) atoms. The second-order valence-electron chi connectivity index (χ2n) is 5.69. The van der Waals surface area contributed by atoms with Gasteiger partial charge in [-0.1, -0.05) is 48.0 Å². The zero-order valence-corrected chi connectivity index (χ0v) is 14.8. The van der Waals surface area contributed by atoms with E-state index in [1.165, 1.54) is 22.1 Å². The Hall–Kier alpha value is -2.62. The number of nitrogens with one attached hydrogen (secondary N) is 1. The number of benzene rings is 3. The van der Waals surface area contributed by atoms with Gasteiger partial charge >= 0.3 is 0 Å². The van der Waals surface area contributed by atoms with Crippen molar-refractivity contribution in [2.75, 3.05) is 5.32 Å². The number of rotatable bonds is 3. The van der Waals surface area contributed by atoms with Gasteiger partial charge in [0.05, 0.1) is 4.88 Å². The standard InChI is InChI=1S/C21H14ClNOS/c22-17-7-9-18(10-8-17)23-21(24)20-12-11-19(25-20)16-6-5-14-3-1-2-4-15(14)13-16/h1-13H,(H,23,24). The van der Waals surface area contributed by atoms with Gasteiger partial charge in [-0.15, -0.1) is 11.3 Å². The van der Waals surface area contributed by atoms with E-state index < -0.39 is 0 Å². The number of halogens is 1. The van der Waals surface area contributed by atoms with E-state index in [1.54, 1.807) is 24.3 Å². The highest BCUT2D eigenvalue weighted by Crippen LogP contribution is 2.31. The molecule has 2 nitrogen and oxygen atoms in total. The molecule has 0 aliphatic heterocycles. The minimum atomic E-state index is -0.112. The van der Waals surface area contributed by atoms with E-state index in [-0.39, 0.29) is 5.91 Å². The number of amides is 1. The summed E-state index contributed by atoms with van der Waals surface area (Å²) in [5, 5.41) is 5.95. The van der Waals surface area contributed by atoms with E-state index in [2.05, 4.69) is 35.6 Å². The predicted molar refractivity (Wildman–Crippen MR) is 107 cm³/mol. The Kier molecular flexibility index (Phi) is 4.26. The van der Waals surface area contributed by atoms with E-state index in [1.807, 2.05) is 24.3 Å².